The van der Waals surface area contributed by atoms with Crippen molar-refractivity contribution in [2.45, 2.75) is 46.6 Å². The summed E-state index contributed by atoms with van der Waals surface area (Å²) < 4.78 is 0. The zero-order chi connectivity index (χ0) is 15.4. The molecule has 0 bridgehead atoms. The first-order chi connectivity index (χ1) is 10.0. The number of likely N-dealkylation sites (tertiary alicyclic amines) is 1. The maximum absolute atomic E-state index is 12.3. The first-order valence-electron chi connectivity index (χ1n) is 7.49. The van der Waals surface area contributed by atoms with Crippen LogP contribution < -0.4 is 5.32 Å². The van der Waals surface area contributed by atoms with Crippen LogP contribution in [0.2, 0.25) is 0 Å². The molecule has 2 amide bonds. The number of aryl methyl sites for hydroxylation is 2. The number of rotatable bonds is 4. The molecular formula is C15H23N3O2S. The van der Waals surface area contributed by atoms with E-state index in [9.17, 15) is 9.59 Å². The highest BCUT2D eigenvalue weighted by molar-refractivity contribution is 7.11. The molecule has 6 heteroatoms. The molecule has 0 saturated carbocycles. The van der Waals surface area contributed by atoms with Crippen molar-refractivity contribution in [1.82, 2.24) is 15.2 Å². The molecule has 1 aliphatic heterocycles. The molecule has 2 heterocycles. The molecule has 1 fully saturated rings. The molecule has 1 atom stereocenters. The normalized spacial score (nSPS) is 18.6. The number of aromatic nitrogens is 1. The fourth-order valence-corrected chi connectivity index (χ4v) is 3.68. The second-order valence-electron chi connectivity index (χ2n) is 5.48. The van der Waals surface area contributed by atoms with Crippen LogP contribution in [-0.2, 0) is 22.6 Å². The number of hydrogen-bond donors (Lipinski definition) is 1. The molecule has 21 heavy (non-hydrogen) atoms. The second-order valence-corrected chi connectivity index (χ2v) is 6.77. The van der Waals surface area contributed by atoms with Gasteiger partial charge in [0.05, 0.1) is 23.2 Å². The largest absolute Gasteiger partial charge is 0.351 e. The maximum atomic E-state index is 12.3. The minimum Gasteiger partial charge on any atom is -0.351 e. The summed E-state index contributed by atoms with van der Waals surface area (Å²) in [7, 11) is 0. The van der Waals surface area contributed by atoms with Gasteiger partial charge >= 0.3 is 0 Å². The molecule has 5 nitrogen and oxygen atoms in total. The van der Waals surface area contributed by atoms with Gasteiger partial charge < -0.3 is 10.2 Å². The summed E-state index contributed by atoms with van der Waals surface area (Å²) in [5, 5.41) is 4.05. The number of thiazole rings is 1. The fraction of sp³-hybridized carbons (Fsp3) is 0.667. The van der Waals surface area contributed by atoms with Crippen LogP contribution in [0.1, 0.15) is 42.3 Å². The maximum Gasteiger partial charge on any atom is 0.225 e. The van der Waals surface area contributed by atoms with Gasteiger partial charge in [-0.2, -0.15) is 0 Å². The average Bonchev–Trinajstić information content (AvgIpc) is 2.85. The van der Waals surface area contributed by atoms with Gasteiger partial charge in [-0.1, -0.05) is 6.92 Å². The van der Waals surface area contributed by atoms with Crippen molar-refractivity contribution >= 4 is 23.2 Å². The van der Waals surface area contributed by atoms with E-state index < -0.39 is 0 Å². The Bertz CT molecular complexity index is 527. The minimum absolute atomic E-state index is 0.0501. The van der Waals surface area contributed by atoms with E-state index in [0.717, 1.165) is 41.4 Å². The molecule has 0 aromatic carbocycles. The predicted octanol–water partition coefficient (Wildman–Crippen LogP) is 1.89. The molecule has 2 rings (SSSR count). The average molecular weight is 309 g/mol. The van der Waals surface area contributed by atoms with Crippen molar-refractivity contribution in [3.63, 3.8) is 0 Å². The Morgan fingerprint density at radius 1 is 1.48 bits per heavy atom. The van der Waals surface area contributed by atoms with Gasteiger partial charge in [-0.15, -0.1) is 11.3 Å². The van der Waals surface area contributed by atoms with Gasteiger partial charge in [-0.05, 0) is 26.2 Å². The molecular weight excluding hydrogens is 286 g/mol. The standard InChI is InChI=1S/C15H23N3O2S/c1-4-13-14(21-10(2)17-13)8-16-15(20)12-6-5-7-18(9-12)11(3)19/h12H,4-9H2,1-3H3,(H,16,20)/t12-/m0/s1. The number of amides is 2. The highest BCUT2D eigenvalue weighted by atomic mass is 32.1. The van der Waals surface area contributed by atoms with Crippen LogP contribution in [0.4, 0.5) is 0 Å². The third-order valence-corrected chi connectivity index (χ3v) is 4.89. The molecule has 0 radical (unpaired) electrons. The topological polar surface area (TPSA) is 62.3 Å². The van der Waals surface area contributed by atoms with Gasteiger partial charge in [-0.25, -0.2) is 4.98 Å². The lowest BCUT2D eigenvalue weighted by Gasteiger charge is -2.31. The Morgan fingerprint density at radius 3 is 2.90 bits per heavy atom. The second kappa shape index (κ2) is 7.02. The zero-order valence-corrected chi connectivity index (χ0v) is 13.8. The van der Waals surface area contributed by atoms with Crippen LogP contribution in [0.25, 0.3) is 0 Å². The monoisotopic (exact) mass is 309 g/mol. The molecule has 0 unspecified atom stereocenters. The number of piperidine rings is 1. The van der Waals surface area contributed by atoms with E-state index >= 15 is 0 Å². The smallest absolute Gasteiger partial charge is 0.225 e. The lowest BCUT2D eigenvalue weighted by molar-refractivity contribution is -0.134. The van der Waals surface area contributed by atoms with Crippen molar-refractivity contribution in [2.24, 2.45) is 5.92 Å². The first-order valence-corrected chi connectivity index (χ1v) is 8.31. The summed E-state index contributed by atoms with van der Waals surface area (Å²) >= 11 is 1.64. The molecule has 1 aromatic heterocycles. The van der Waals surface area contributed by atoms with Crippen LogP contribution in [0, 0.1) is 12.8 Å². The Kier molecular flexibility index (Phi) is 5.33. The van der Waals surface area contributed by atoms with Gasteiger partial charge in [-0.3, -0.25) is 9.59 Å². The Balaban J connectivity index is 1.90. The van der Waals surface area contributed by atoms with E-state index in [1.807, 2.05) is 6.92 Å². The van der Waals surface area contributed by atoms with Crippen molar-refractivity contribution < 1.29 is 9.59 Å². The summed E-state index contributed by atoms with van der Waals surface area (Å²) in [4.78, 5) is 31.1. The van der Waals surface area contributed by atoms with Crippen molar-refractivity contribution in [3.8, 4) is 0 Å². The summed E-state index contributed by atoms with van der Waals surface area (Å²) in [6.07, 6.45) is 2.65. The molecule has 1 aromatic rings. The van der Waals surface area contributed by atoms with Crippen molar-refractivity contribution in [3.05, 3.63) is 15.6 Å². The van der Waals surface area contributed by atoms with Crippen LogP contribution in [-0.4, -0.2) is 34.8 Å². The van der Waals surface area contributed by atoms with Gasteiger partial charge in [0, 0.05) is 24.9 Å². The Labute approximate surface area is 129 Å². The molecule has 1 saturated heterocycles. The van der Waals surface area contributed by atoms with Crippen LogP contribution in [0.5, 0.6) is 0 Å². The SMILES string of the molecule is CCc1nc(C)sc1CNC(=O)[C@H]1CCCN(C(C)=O)C1. The first kappa shape index (κ1) is 15.9. The van der Waals surface area contributed by atoms with Gasteiger partial charge in [0.15, 0.2) is 0 Å². The van der Waals surface area contributed by atoms with Gasteiger partial charge in [0.2, 0.25) is 11.8 Å². The summed E-state index contributed by atoms with van der Waals surface area (Å²) in [6, 6.07) is 0. The van der Waals surface area contributed by atoms with E-state index in [0.29, 0.717) is 13.1 Å². The Hall–Kier alpha value is -1.43. The van der Waals surface area contributed by atoms with Gasteiger partial charge in [0.25, 0.3) is 0 Å². The third kappa shape index (κ3) is 4.03. The van der Waals surface area contributed by atoms with E-state index in [4.69, 9.17) is 0 Å². The quantitative estimate of drug-likeness (QED) is 0.924. The number of nitrogens with one attached hydrogen (secondary N) is 1. The third-order valence-electron chi connectivity index (χ3n) is 3.88. The Morgan fingerprint density at radius 2 is 2.24 bits per heavy atom. The van der Waals surface area contributed by atoms with E-state index in [1.54, 1.807) is 23.2 Å². The number of carbonyl (C=O) groups is 2. The lowest BCUT2D eigenvalue weighted by Crippen LogP contribution is -2.44. The van der Waals surface area contributed by atoms with Crippen LogP contribution in [0.3, 0.4) is 0 Å². The molecule has 116 valence electrons. The van der Waals surface area contributed by atoms with Gasteiger partial charge in [0.1, 0.15) is 0 Å². The van der Waals surface area contributed by atoms with Crippen LogP contribution in [0.15, 0.2) is 0 Å². The van der Waals surface area contributed by atoms with E-state index in [-0.39, 0.29) is 17.7 Å². The zero-order valence-electron chi connectivity index (χ0n) is 12.9. The van der Waals surface area contributed by atoms with E-state index in [2.05, 4.69) is 17.2 Å². The summed E-state index contributed by atoms with van der Waals surface area (Å²) in [5.41, 5.74) is 1.08. The molecule has 1 N–H and O–H groups in total. The predicted molar refractivity (Wildman–Crippen MR) is 83.1 cm³/mol. The lowest BCUT2D eigenvalue weighted by atomic mass is 9.97. The summed E-state index contributed by atoms with van der Waals surface area (Å²) in [5.74, 6) is 0.0228. The molecule has 1 aliphatic rings. The highest BCUT2D eigenvalue weighted by Crippen LogP contribution is 2.20. The number of hydrogen-bond acceptors (Lipinski definition) is 4. The van der Waals surface area contributed by atoms with Crippen LogP contribution >= 0.6 is 11.3 Å². The minimum atomic E-state index is -0.0817. The number of carbonyl (C=O) groups excluding carboxylic acids is 2. The number of nitrogens with zero attached hydrogens (tertiary/aromatic N) is 2. The summed E-state index contributed by atoms with van der Waals surface area (Å²) in [6.45, 7) is 7.49. The molecule has 0 aliphatic carbocycles. The fourth-order valence-electron chi connectivity index (χ4n) is 2.72. The van der Waals surface area contributed by atoms with E-state index in [1.165, 1.54) is 0 Å². The van der Waals surface area contributed by atoms with Crippen molar-refractivity contribution in [1.29, 1.82) is 0 Å². The van der Waals surface area contributed by atoms with Crippen molar-refractivity contribution in [2.75, 3.05) is 13.1 Å². The highest BCUT2D eigenvalue weighted by Gasteiger charge is 2.26. The molecule has 0 spiro atoms.